The van der Waals surface area contributed by atoms with E-state index in [0.29, 0.717) is 23.2 Å². The van der Waals surface area contributed by atoms with Crippen molar-refractivity contribution in [1.29, 1.82) is 0 Å². The molecule has 0 saturated heterocycles. The molecule has 0 aliphatic heterocycles. The highest BCUT2D eigenvalue weighted by Gasteiger charge is 2.12. The molecule has 0 radical (unpaired) electrons. The Balaban J connectivity index is 1.60. The van der Waals surface area contributed by atoms with Crippen molar-refractivity contribution in [3.63, 3.8) is 0 Å². The molecule has 0 spiro atoms. The Hall–Kier alpha value is -4.31. The Morgan fingerprint density at radius 3 is 1.16 bits per heavy atom. The molecule has 1 heterocycles. The van der Waals surface area contributed by atoms with E-state index in [1.54, 1.807) is 0 Å². The molecule has 5 rings (SSSR count). The summed E-state index contributed by atoms with van der Waals surface area (Å²) in [5.74, 6) is 1.90. The predicted molar refractivity (Wildman–Crippen MR) is 126 cm³/mol. The first-order valence-electron chi connectivity index (χ1n) is 10.1. The van der Waals surface area contributed by atoms with Gasteiger partial charge in [-0.15, -0.1) is 0 Å². The fourth-order valence-corrected chi connectivity index (χ4v) is 3.42. The summed E-state index contributed by atoms with van der Waals surface area (Å²) < 4.78 is 0. The normalized spacial score (nSPS) is 10.7. The average Bonchev–Trinajstić information content (AvgIpc) is 2.85. The van der Waals surface area contributed by atoms with E-state index >= 15 is 0 Å². The van der Waals surface area contributed by atoms with Crippen LogP contribution in [0.2, 0.25) is 0 Å². The Morgan fingerprint density at radius 1 is 0.355 bits per heavy atom. The molecule has 0 unspecified atom stereocenters. The predicted octanol–water partition coefficient (Wildman–Crippen LogP) is 6.12. The number of nitrogens with two attached hydrogens (primary N) is 1. The van der Waals surface area contributed by atoms with Crippen LogP contribution in [-0.4, -0.2) is 15.0 Å². The van der Waals surface area contributed by atoms with E-state index in [1.807, 2.05) is 72.8 Å². The van der Waals surface area contributed by atoms with Crippen LogP contribution in [0.5, 0.6) is 0 Å². The van der Waals surface area contributed by atoms with Crippen LogP contribution in [0.3, 0.4) is 0 Å². The molecule has 0 aliphatic carbocycles. The summed E-state index contributed by atoms with van der Waals surface area (Å²) in [6.45, 7) is 0. The van der Waals surface area contributed by atoms with Crippen molar-refractivity contribution in [2.45, 2.75) is 0 Å². The van der Waals surface area contributed by atoms with Gasteiger partial charge in [-0.2, -0.15) is 0 Å². The topological polar surface area (TPSA) is 64.7 Å². The van der Waals surface area contributed by atoms with Gasteiger partial charge in [0.15, 0.2) is 17.5 Å². The lowest BCUT2D eigenvalue weighted by Gasteiger charge is -2.09. The largest absolute Gasteiger partial charge is 0.399 e. The molecule has 31 heavy (non-hydrogen) atoms. The highest BCUT2D eigenvalue weighted by Crippen LogP contribution is 2.27. The highest BCUT2D eigenvalue weighted by molar-refractivity contribution is 5.70. The zero-order valence-corrected chi connectivity index (χ0v) is 16.8. The van der Waals surface area contributed by atoms with Crippen LogP contribution in [-0.2, 0) is 0 Å². The van der Waals surface area contributed by atoms with Crippen molar-refractivity contribution >= 4 is 5.69 Å². The van der Waals surface area contributed by atoms with Crippen LogP contribution < -0.4 is 5.73 Å². The SMILES string of the molecule is Nc1ccc(-c2nc(-c3ccccc3)nc(-c3ccc(-c4ccccc4)cc3)n2)cc1. The number of anilines is 1. The van der Waals surface area contributed by atoms with Crippen molar-refractivity contribution in [2.75, 3.05) is 5.73 Å². The monoisotopic (exact) mass is 400 g/mol. The lowest BCUT2D eigenvalue weighted by atomic mass is 10.0. The lowest BCUT2D eigenvalue weighted by molar-refractivity contribution is 1.07. The third-order valence-corrected chi connectivity index (χ3v) is 5.09. The van der Waals surface area contributed by atoms with Gasteiger partial charge in [-0.05, 0) is 35.4 Å². The van der Waals surface area contributed by atoms with E-state index in [4.69, 9.17) is 20.7 Å². The maximum atomic E-state index is 5.86. The molecule has 0 atom stereocenters. The van der Waals surface area contributed by atoms with Crippen LogP contribution >= 0.6 is 0 Å². The molecule has 5 aromatic rings. The Kier molecular flexibility index (Phi) is 4.95. The van der Waals surface area contributed by atoms with Crippen LogP contribution in [0.25, 0.3) is 45.3 Å². The summed E-state index contributed by atoms with van der Waals surface area (Å²) in [5.41, 5.74) is 11.7. The maximum Gasteiger partial charge on any atom is 0.164 e. The molecule has 2 N–H and O–H groups in total. The van der Waals surface area contributed by atoms with Crippen LogP contribution in [0, 0.1) is 0 Å². The molecule has 0 saturated carbocycles. The Morgan fingerprint density at radius 2 is 0.677 bits per heavy atom. The average molecular weight is 400 g/mol. The molecule has 0 aliphatic rings. The summed E-state index contributed by atoms with van der Waals surface area (Å²) in [6.07, 6.45) is 0. The van der Waals surface area contributed by atoms with Crippen LogP contribution in [0.15, 0.2) is 109 Å². The van der Waals surface area contributed by atoms with E-state index in [-0.39, 0.29) is 0 Å². The molecular formula is C27H20N4. The van der Waals surface area contributed by atoms with E-state index < -0.39 is 0 Å². The molecule has 0 amide bonds. The Labute approximate surface area is 181 Å². The quantitative estimate of drug-likeness (QED) is 0.369. The van der Waals surface area contributed by atoms with E-state index in [9.17, 15) is 0 Å². The number of nitrogens with zero attached hydrogens (tertiary/aromatic N) is 3. The van der Waals surface area contributed by atoms with Gasteiger partial charge >= 0.3 is 0 Å². The van der Waals surface area contributed by atoms with Crippen LogP contribution in [0.4, 0.5) is 5.69 Å². The van der Waals surface area contributed by atoms with E-state index in [0.717, 1.165) is 22.3 Å². The first-order chi connectivity index (χ1) is 15.3. The van der Waals surface area contributed by atoms with Gasteiger partial charge in [0.05, 0.1) is 0 Å². The molecule has 0 fully saturated rings. The molecule has 4 heteroatoms. The number of hydrogen-bond donors (Lipinski definition) is 1. The van der Waals surface area contributed by atoms with E-state index in [1.165, 1.54) is 5.56 Å². The smallest absolute Gasteiger partial charge is 0.164 e. The maximum absolute atomic E-state index is 5.86. The van der Waals surface area contributed by atoms with Crippen molar-refractivity contribution in [2.24, 2.45) is 0 Å². The molecule has 148 valence electrons. The fraction of sp³-hybridized carbons (Fsp3) is 0. The van der Waals surface area contributed by atoms with Gasteiger partial charge in [0.25, 0.3) is 0 Å². The first kappa shape index (κ1) is 18.7. The minimum Gasteiger partial charge on any atom is -0.399 e. The number of benzene rings is 4. The van der Waals surface area contributed by atoms with Crippen molar-refractivity contribution in [3.8, 4) is 45.3 Å². The fourth-order valence-electron chi connectivity index (χ4n) is 3.42. The van der Waals surface area contributed by atoms with Gasteiger partial charge in [0, 0.05) is 22.4 Å². The van der Waals surface area contributed by atoms with Gasteiger partial charge in [0.1, 0.15) is 0 Å². The molecule has 1 aromatic heterocycles. The second kappa shape index (κ2) is 8.20. The number of aromatic nitrogens is 3. The Bertz CT molecular complexity index is 1300. The minimum absolute atomic E-state index is 0.621. The van der Waals surface area contributed by atoms with Gasteiger partial charge < -0.3 is 5.73 Å². The third-order valence-electron chi connectivity index (χ3n) is 5.09. The lowest BCUT2D eigenvalue weighted by Crippen LogP contribution is -2.00. The molecule has 4 aromatic carbocycles. The summed E-state index contributed by atoms with van der Waals surface area (Å²) in [6, 6.07) is 36.1. The zero-order valence-electron chi connectivity index (χ0n) is 16.8. The van der Waals surface area contributed by atoms with Crippen molar-refractivity contribution < 1.29 is 0 Å². The number of rotatable bonds is 4. The third kappa shape index (κ3) is 4.05. The zero-order chi connectivity index (χ0) is 21.0. The highest BCUT2D eigenvalue weighted by atomic mass is 15.0. The van der Waals surface area contributed by atoms with Gasteiger partial charge in [-0.1, -0.05) is 84.9 Å². The van der Waals surface area contributed by atoms with Crippen molar-refractivity contribution in [1.82, 2.24) is 15.0 Å². The molecule has 4 nitrogen and oxygen atoms in total. The van der Waals surface area contributed by atoms with E-state index in [2.05, 4.69) is 36.4 Å². The summed E-state index contributed by atoms with van der Waals surface area (Å²) in [7, 11) is 0. The number of nitrogen functional groups attached to an aromatic ring is 1. The molecule has 0 bridgehead atoms. The second-order valence-electron chi connectivity index (χ2n) is 7.24. The van der Waals surface area contributed by atoms with Gasteiger partial charge in [0.2, 0.25) is 0 Å². The number of hydrogen-bond acceptors (Lipinski definition) is 4. The minimum atomic E-state index is 0.621. The standard InChI is InChI=1S/C27H20N4/c28-24-17-15-23(16-18-24)27-30-25(21-9-5-2-6-10-21)29-26(31-27)22-13-11-20(12-14-22)19-7-3-1-4-8-19/h1-18H,28H2. The van der Waals surface area contributed by atoms with Gasteiger partial charge in [-0.3, -0.25) is 0 Å². The van der Waals surface area contributed by atoms with Gasteiger partial charge in [-0.25, -0.2) is 15.0 Å². The molecular weight excluding hydrogens is 380 g/mol. The summed E-state index contributed by atoms with van der Waals surface area (Å²) >= 11 is 0. The first-order valence-corrected chi connectivity index (χ1v) is 10.1. The summed E-state index contributed by atoms with van der Waals surface area (Å²) in [5, 5.41) is 0. The van der Waals surface area contributed by atoms with Crippen molar-refractivity contribution in [3.05, 3.63) is 109 Å². The second-order valence-corrected chi connectivity index (χ2v) is 7.24. The van der Waals surface area contributed by atoms with Crippen LogP contribution in [0.1, 0.15) is 0 Å². The summed E-state index contributed by atoms with van der Waals surface area (Å²) in [4.78, 5) is 14.3.